The topological polar surface area (TPSA) is 49.6 Å². The molecule has 0 bridgehead atoms. The number of aromatic nitrogens is 4. The zero-order chi connectivity index (χ0) is 15.9. The summed E-state index contributed by atoms with van der Waals surface area (Å²) in [5, 5.41) is 5.90. The van der Waals surface area contributed by atoms with Crippen LogP contribution in [0.1, 0.15) is 0 Å². The number of nitrogens with zero attached hydrogens (tertiary/aromatic N) is 6. The normalized spacial score (nSPS) is 15.5. The van der Waals surface area contributed by atoms with Gasteiger partial charge in [-0.25, -0.2) is 9.50 Å². The van der Waals surface area contributed by atoms with E-state index in [4.69, 9.17) is 0 Å². The fraction of sp³-hybridized carbons (Fsp3) is 0.235. The summed E-state index contributed by atoms with van der Waals surface area (Å²) < 4.78 is 7.75. The van der Waals surface area contributed by atoms with Crippen LogP contribution in [0.4, 0.5) is 11.6 Å². The molecule has 1 aromatic carbocycles. The summed E-state index contributed by atoms with van der Waals surface area (Å²) in [6.45, 7) is 3.80. The van der Waals surface area contributed by atoms with Gasteiger partial charge in [-0.1, -0.05) is 12.1 Å². The van der Waals surface area contributed by atoms with Crippen LogP contribution in [0.2, 0.25) is 0 Å². The van der Waals surface area contributed by atoms with E-state index >= 15 is 0 Å². The highest BCUT2D eigenvalue weighted by Crippen LogP contribution is 2.30. The third-order valence-electron chi connectivity index (χ3n) is 4.50. The van der Waals surface area contributed by atoms with E-state index in [9.17, 15) is 0 Å². The zero-order valence-electron chi connectivity index (χ0n) is 13.0. The van der Waals surface area contributed by atoms with Crippen LogP contribution in [0.5, 0.6) is 0 Å². The van der Waals surface area contributed by atoms with Gasteiger partial charge in [0, 0.05) is 44.0 Å². The van der Waals surface area contributed by atoms with Crippen molar-refractivity contribution in [2.24, 2.45) is 0 Å². The number of hydrogen-bond donors (Lipinski definition) is 0. The average molecular weight is 336 g/mol. The Morgan fingerprint density at radius 2 is 1.75 bits per heavy atom. The smallest absolute Gasteiger partial charge is 0.153 e. The first-order valence-electron chi connectivity index (χ1n) is 8.03. The summed E-state index contributed by atoms with van der Waals surface area (Å²) in [6, 6.07) is 12.5. The summed E-state index contributed by atoms with van der Waals surface area (Å²) in [5.41, 5.74) is 0.881. The molecule has 1 saturated heterocycles. The molecule has 0 saturated carbocycles. The number of hydrogen-bond acceptors (Lipinski definition) is 6. The molecule has 1 aliphatic rings. The molecule has 24 heavy (non-hydrogen) atoms. The Labute approximate surface area is 143 Å². The molecule has 0 amide bonds. The molecule has 0 unspecified atom stereocenters. The predicted molar refractivity (Wildman–Crippen MR) is 97.0 cm³/mol. The van der Waals surface area contributed by atoms with E-state index < -0.39 is 0 Å². The molecular formula is C17H16N6S. The molecule has 0 aliphatic carbocycles. The van der Waals surface area contributed by atoms with Gasteiger partial charge in [0.25, 0.3) is 0 Å². The Hall–Kier alpha value is -2.67. The Balaban J connectivity index is 1.37. The molecule has 0 spiro atoms. The summed E-state index contributed by atoms with van der Waals surface area (Å²) >= 11 is 1.58. The maximum Gasteiger partial charge on any atom is 0.153 e. The molecule has 0 N–H and O–H groups in total. The van der Waals surface area contributed by atoms with Crippen molar-refractivity contribution in [2.45, 2.75) is 0 Å². The highest BCUT2D eigenvalue weighted by atomic mass is 32.1. The largest absolute Gasteiger partial charge is 0.352 e. The van der Waals surface area contributed by atoms with Crippen LogP contribution >= 0.6 is 11.5 Å². The Morgan fingerprint density at radius 1 is 0.917 bits per heavy atom. The van der Waals surface area contributed by atoms with Gasteiger partial charge in [0.05, 0.1) is 4.70 Å². The van der Waals surface area contributed by atoms with E-state index in [-0.39, 0.29) is 0 Å². The Kier molecular flexibility index (Phi) is 3.12. The maximum absolute atomic E-state index is 4.67. The van der Waals surface area contributed by atoms with Crippen molar-refractivity contribution in [1.29, 1.82) is 0 Å². The standard InChI is InChI=1S/C17H16N6S/c1-2-4-14-13(3-1)17(20-24-14)22-11-9-21(10-12-22)16-6-5-15-18-7-8-23(15)19-16/h1-8H,9-12H2. The number of fused-ring (bicyclic) bond motifs is 2. The van der Waals surface area contributed by atoms with Crippen molar-refractivity contribution in [3.63, 3.8) is 0 Å². The van der Waals surface area contributed by atoms with Gasteiger partial charge in [0.1, 0.15) is 11.6 Å². The van der Waals surface area contributed by atoms with Gasteiger partial charge in [-0.05, 0) is 35.8 Å². The minimum Gasteiger partial charge on any atom is -0.352 e. The Morgan fingerprint density at radius 3 is 2.67 bits per heavy atom. The van der Waals surface area contributed by atoms with E-state index in [1.807, 2.05) is 16.8 Å². The minimum atomic E-state index is 0.881. The molecule has 120 valence electrons. The SMILES string of the molecule is c1ccc2c(N3CCN(c4ccc5nccn5n4)CC3)nsc2c1. The van der Waals surface area contributed by atoms with Crippen molar-refractivity contribution in [3.8, 4) is 0 Å². The van der Waals surface area contributed by atoms with Crippen molar-refractivity contribution < 1.29 is 0 Å². The van der Waals surface area contributed by atoms with Gasteiger partial charge in [-0.3, -0.25) is 0 Å². The minimum absolute atomic E-state index is 0.881. The fourth-order valence-corrected chi connectivity index (χ4v) is 4.02. The summed E-state index contributed by atoms with van der Waals surface area (Å²) in [7, 11) is 0. The van der Waals surface area contributed by atoms with Crippen LogP contribution in [0.15, 0.2) is 48.8 Å². The second kappa shape index (κ2) is 5.45. The number of piperazine rings is 1. The molecule has 7 heteroatoms. The Bertz CT molecular complexity index is 998. The number of imidazole rings is 1. The number of rotatable bonds is 2. The van der Waals surface area contributed by atoms with Crippen LogP contribution in [-0.2, 0) is 0 Å². The molecule has 1 fully saturated rings. The molecule has 4 aromatic rings. The average Bonchev–Trinajstić information content (AvgIpc) is 3.28. The first kappa shape index (κ1) is 13.7. The number of benzene rings is 1. The van der Waals surface area contributed by atoms with E-state index in [1.165, 1.54) is 10.1 Å². The summed E-state index contributed by atoms with van der Waals surface area (Å²) in [6.07, 6.45) is 3.66. The van der Waals surface area contributed by atoms with Gasteiger partial charge in [-0.15, -0.1) is 5.10 Å². The molecule has 3 aromatic heterocycles. The summed E-state index contributed by atoms with van der Waals surface area (Å²) in [5.74, 6) is 2.12. The molecule has 5 rings (SSSR count). The fourth-order valence-electron chi connectivity index (χ4n) is 3.22. The van der Waals surface area contributed by atoms with Gasteiger partial charge in [0.2, 0.25) is 0 Å². The first-order chi connectivity index (χ1) is 11.9. The monoisotopic (exact) mass is 336 g/mol. The first-order valence-corrected chi connectivity index (χ1v) is 8.80. The second-order valence-corrected chi connectivity index (χ2v) is 6.70. The van der Waals surface area contributed by atoms with Crippen LogP contribution in [0, 0.1) is 0 Å². The van der Waals surface area contributed by atoms with Crippen molar-refractivity contribution in [2.75, 3.05) is 36.0 Å². The molecule has 0 radical (unpaired) electrons. The van der Waals surface area contributed by atoms with E-state index in [1.54, 1.807) is 17.7 Å². The van der Waals surface area contributed by atoms with Crippen LogP contribution in [0.3, 0.4) is 0 Å². The van der Waals surface area contributed by atoms with Crippen LogP contribution in [-0.4, -0.2) is 45.2 Å². The quantitative estimate of drug-likeness (QED) is 0.563. The van der Waals surface area contributed by atoms with Crippen molar-refractivity contribution in [1.82, 2.24) is 19.0 Å². The lowest BCUT2D eigenvalue weighted by molar-refractivity contribution is 0.639. The van der Waals surface area contributed by atoms with Gasteiger partial charge >= 0.3 is 0 Å². The van der Waals surface area contributed by atoms with Crippen LogP contribution < -0.4 is 9.80 Å². The highest BCUT2D eigenvalue weighted by Gasteiger charge is 2.21. The van der Waals surface area contributed by atoms with Gasteiger partial charge < -0.3 is 9.80 Å². The maximum atomic E-state index is 4.67. The number of anilines is 2. The lowest BCUT2D eigenvalue weighted by Gasteiger charge is -2.35. The molecular weight excluding hydrogens is 320 g/mol. The molecule has 6 nitrogen and oxygen atoms in total. The van der Waals surface area contributed by atoms with Gasteiger partial charge in [0.15, 0.2) is 5.65 Å². The summed E-state index contributed by atoms with van der Waals surface area (Å²) in [4.78, 5) is 8.95. The van der Waals surface area contributed by atoms with E-state index in [0.717, 1.165) is 43.5 Å². The van der Waals surface area contributed by atoms with Crippen molar-refractivity contribution in [3.05, 3.63) is 48.8 Å². The van der Waals surface area contributed by atoms with E-state index in [0.29, 0.717) is 0 Å². The highest BCUT2D eigenvalue weighted by molar-refractivity contribution is 7.13. The zero-order valence-corrected chi connectivity index (χ0v) is 13.9. The predicted octanol–water partition coefficient (Wildman–Crippen LogP) is 2.67. The van der Waals surface area contributed by atoms with Crippen LogP contribution in [0.25, 0.3) is 15.7 Å². The van der Waals surface area contributed by atoms with Gasteiger partial charge in [-0.2, -0.15) is 4.37 Å². The lowest BCUT2D eigenvalue weighted by Crippen LogP contribution is -2.47. The molecule has 4 heterocycles. The lowest BCUT2D eigenvalue weighted by atomic mass is 10.2. The third kappa shape index (κ3) is 2.20. The molecule has 1 aliphatic heterocycles. The molecule has 0 atom stereocenters. The third-order valence-corrected chi connectivity index (χ3v) is 5.32. The second-order valence-electron chi connectivity index (χ2n) is 5.90. The van der Waals surface area contributed by atoms with E-state index in [2.05, 4.69) is 54.6 Å². The van der Waals surface area contributed by atoms with Crippen molar-refractivity contribution >= 4 is 38.9 Å².